The molecule has 1 heteroatoms. The molecule has 76 valence electrons. The van der Waals surface area contributed by atoms with Gasteiger partial charge in [0.15, 0.2) is 0 Å². The van der Waals surface area contributed by atoms with Crippen LogP contribution in [-0.2, 0) is 0 Å². The van der Waals surface area contributed by atoms with E-state index >= 15 is 0 Å². The Labute approximate surface area is 82.3 Å². The fourth-order valence-electron chi connectivity index (χ4n) is 2.99. The summed E-state index contributed by atoms with van der Waals surface area (Å²) in [7, 11) is 0. The topological polar surface area (TPSA) is 12.0 Å². The van der Waals surface area contributed by atoms with Crippen molar-refractivity contribution in [2.24, 2.45) is 17.8 Å². The van der Waals surface area contributed by atoms with Gasteiger partial charge in [0.25, 0.3) is 0 Å². The SMILES string of the molecule is CCNCC1CCC2CCC2CC1. The van der Waals surface area contributed by atoms with Crippen molar-refractivity contribution in [3.05, 3.63) is 0 Å². The molecule has 0 aromatic heterocycles. The Balaban J connectivity index is 1.73. The Kier molecular flexibility index (Phi) is 3.26. The molecule has 2 rings (SSSR count). The molecule has 0 spiro atoms. The minimum absolute atomic E-state index is 0.991. The van der Waals surface area contributed by atoms with Crippen molar-refractivity contribution in [1.29, 1.82) is 0 Å². The molecular weight excluding hydrogens is 158 g/mol. The number of nitrogens with one attached hydrogen (secondary N) is 1. The van der Waals surface area contributed by atoms with Crippen LogP contribution in [0.3, 0.4) is 0 Å². The van der Waals surface area contributed by atoms with Gasteiger partial charge in [0.2, 0.25) is 0 Å². The van der Waals surface area contributed by atoms with Crippen molar-refractivity contribution in [2.75, 3.05) is 13.1 Å². The van der Waals surface area contributed by atoms with Crippen LogP contribution >= 0.6 is 0 Å². The number of fused-ring (bicyclic) bond motifs is 1. The van der Waals surface area contributed by atoms with Crippen molar-refractivity contribution >= 4 is 0 Å². The first-order chi connectivity index (χ1) is 6.40. The van der Waals surface area contributed by atoms with Crippen molar-refractivity contribution < 1.29 is 0 Å². The number of hydrogen-bond donors (Lipinski definition) is 1. The summed E-state index contributed by atoms with van der Waals surface area (Å²) in [5, 5.41) is 3.50. The lowest BCUT2D eigenvalue weighted by Gasteiger charge is -2.35. The van der Waals surface area contributed by atoms with Crippen LogP contribution in [0.4, 0.5) is 0 Å². The summed E-state index contributed by atoms with van der Waals surface area (Å²) in [6.45, 7) is 4.62. The van der Waals surface area contributed by atoms with Crippen LogP contribution in [0, 0.1) is 17.8 Å². The predicted octanol–water partition coefficient (Wildman–Crippen LogP) is 2.81. The summed E-state index contributed by atoms with van der Waals surface area (Å²) in [4.78, 5) is 0. The minimum Gasteiger partial charge on any atom is -0.317 e. The zero-order chi connectivity index (χ0) is 9.10. The fraction of sp³-hybridized carbons (Fsp3) is 1.00. The molecule has 1 N–H and O–H groups in total. The zero-order valence-electron chi connectivity index (χ0n) is 8.89. The predicted molar refractivity (Wildman–Crippen MR) is 56.7 cm³/mol. The third-order valence-electron chi connectivity index (χ3n) is 4.15. The van der Waals surface area contributed by atoms with Gasteiger partial charge in [0, 0.05) is 0 Å². The van der Waals surface area contributed by atoms with Crippen LogP contribution in [0.25, 0.3) is 0 Å². The second-order valence-electron chi connectivity index (χ2n) is 4.93. The molecule has 0 saturated heterocycles. The largest absolute Gasteiger partial charge is 0.317 e. The molecule has 2 aliphatic carbocycles. The molecule has 2 atom stereocenters. The van der Waals surface area contributed by atoms with Gasteiger partial charge >= 0.3 is 0 Å². The van der Waals surface area contributed by atoms with Crippen LogP contribution in [0.1, 0.15) is 45.4 Å². The highest BCUT2D eigenvalue weighted by atomic mass is 14.8. The van der Waals surface area contributed by atoms with Gasteiger partial charge in [-0.05, 0) is 69.4 Å². The Morgan fingerprint density at radius 3 is 1.92 bits per heavy atom. The first-order valence-electron chi connectivity index (χ1n) is 6.11. The van der Waals surface area contributed by atoms with Crippen molar-refractivity contribution in [3.8, 4) is 0 Å². The van der Waals surface area contributed by atoms with Gasteiger partial charge in [-0.25, -0.2) is 0 Å². The quantitative estimate of drug-likeness (QED) is 0.706. The van der Waals surface area contributed by atoms with Crippen LogP contribution in [0.15, 0.2) is 0 Å². The van der Waals surface area contributed by atoms with E-state index in [1.54, 1.807) is 12.8 Å². The van der Waals surface area contributed by atoms with E-state index in [0.717, 1.165) is 24.3 Å². The average Bonchev–Trinajstić information content (AvgIpc) is 2.23. The molecule has 13 heavy (non-hydrogen) atoms. The van der Waals surface area contributed by atoms with E-state index in [2.05, 4.69) is 12.2 Å². The highest BCUT2D eigenvalue weighted by Crippen LogP contribution is 2.44. The first kappa shape index (κ1) is 9.51. The Hall–Kier alpha value is -0.0400. The molecule has 0 aliphatic heterocycles. The summed E-state index contributed by atoms with van der Waals surface area (Å²) >= 11 is 0. The molecule has 2 saturated carbocycles. The zero-order valence-corrected chi connectivity index (χ0v) is 8.89. The van der Waals surface area contributed by atoms with Gasteiger partial charge in [0.1, 0.15) is 0 Å². The van der Waals surface area contributed by atoms with Crippen LogP contribution in [-0.4, -0.2) is 13.1 Å². The summed E-state index contributed by atoms with van der Waals surface area (Å²) in [5.74, 6) is 3.25. The lowest BCUT2D eigenvalue weighted by atomic mass is 9.71. The molecule has 0 amide bonds. The van der Waals surface area contributed by atoms with E-state index in [0.29, 0.717) is 0 Å². The van der Waals surface area contributed by atoms with Gasteiger partial charge in [-0.15, -0.1) is 0 Å². The van der Waals surface area contributed by atoms with E-state index in [4.69, 9.17) is 0 Å². The van der Waals surface area contributed by atoms with Gasteiger partial charge in [-0.3, -0.25) is 0 Å². The molecule has 2 unspecified atom stereocenters. The second kappa shape index (κ2) is 4.45. The van der Waals surface area contributed by atoms with Crippen LogP contribution < -0.4 is 5.32 Å². The minimum atomic E-state index is 0.991. The Morgan fingerprint density at radius 1 is 0.923 bits per heavy atom. The van der Waals surface area contributed by atoms with E-state index in [-0.39, 0.29) is 0 Å². The maximum Gasteiger partial charge on any atom is -0.00206 e. The van der Waals surface area contributed by atoms with Crippen molar-refractivity contribution in [1.82, 2.24) is 5.32 Å². The fourth-order valence-corrected chi connectivity index (χ4v) is 2.99. The normalized spacial score (nSPS) is 39.0. The Morgan fingerprint density at radius 2 is 1.46 bits per heavy atom. The summed E-state index contributed by atoms with van der Waals surface area (Å²) < 4.78 is 0. The van der Waals surface area contributed by atoms with Crippen LogP contribution in [0.5, 0.6) is 0 Å². The van der Waals surface area contributed by atoms with Crippen molar-refractivity contribution in [3.63, 3.8) is 0 Å². The molecule has 0 heterocycles. The number of rotatable bonds is 3. The van der Waals surface area contributed by atoms with E-state index in [1.807, 2.05) is 0 Å². The molecule has 0 bridgehead atoms. The molecular formula is C12H23N. The lowest BCUT2D eigenvalue weighted by molar-refractivity contribution is 0.165. The van der Waals surface area contributed by atoms with E-state index in [9.17, 15) is 0 Å². The van der Waals surface area contributed by atoms with Gasteiger partial charge in [0.05, 0.1) is 0 Å². The molecule has 2 aliphatic rings. The van der Waals surface area contributed by atoms with Gasteiger partial charge in [-0.2, -0.15) is 0 Å². The van der Waals surface area contributed by atoms with Gasteiger partial charge in [-0.1, -0.05) is 6.92 Å². The maximum absolute atomic E-state index is 3.50. The third-order valence-corrected chi connectivity index (χ3v) is 4.15. The highest BCUT2D eigenvalue weighted by Gasteiger charge is 2.33. The Bertz CT molecular complexity index is 141. The smallest absolute Gasteiger partial charge is 0.00206 e. The second-order valence-corrected chi connectivity index (χ2v) is 4.93. The van der Waals surface area contributed by atoms with E-state index < -0.39 is 0 Å². The summed E-state index contributed by atoms with van der Waals surface area (Å²) in [5.41, 5.74) is 0. The first-order valence-corrected chi connectivity index (χ1v) is 6.11. The van der Waals surface area contributed by atoms with Crippen molar-refractivity contribution in [2.45, 2.75) is 45.4 Å². The van der Waals surface area contributed by atoms with Gasteiger partial charge < -0.3 is 5.32 Å². The highest BCUT2D eigenvalue weighted by molar-refractivity contribution is 4.85. The standard InChI is InChI=1S/C12H23N/c1-2-13-9-10-3-5-11-7-8-12(11)6-4-10/h10-13H,2-9H2,1H3. The lowest BCUT2D eigenvalue weighted by Crippen LogP contribution is -2.23. The monoisotopic (exact) mass is 181 g/mol. The third kappa shape index (κ3) is 2.25. The molecule has 1 nitrogen and oxygen atoms in total. The van der Waals surface area contributed by atoms with Crippen LogP contribution in [0.2, 0.25) is 0 Å². The van der Waals surface area contributed by atoms with E-state index in [1.165, 1.54) is 32.2 Å². The summed E-state index contributed by atoms with van der Waals surface area (Å²) in [6.07, 6.45) is 9.13. The molecule has 0 radical (unpaired) electrons. The number of hydrogen-bond acceptors (Lipinski definition) is 1. The molecule has 2 fully saturated rings. The average molecular weight is 181 g/mol. The summed E-state index contributed by atoms with van der Waals surface area (Å²) in [6, 6.07) is 0. The molecule has 0 aromatic carbocycles. The molecule has 0 aromatic rings. The maximum atomic E-state index is 3.50.